The minimum absolute atomic E-state index is 0.288. The number of anilines is 1. The number of carboxylic acid groups (broad SMARTS) is 2. The van der Waals surface area contributed by atoms with Crippen LogP contribution in [-0.2, 0) is 14.4 Å². The van der Waals surface area contributed by atoms with Gasteiger partial charge < -0.3 is 20.3 Å². The Balaban J connectivity index is 2.05. The number of rotatable bonds is 6. The van der Waals surface area contributed by atoms with Crippen LogP contribution in [0.5, 0.6) is 5.75 Å². The summed E-state index contributed by atoms with van der Waals surface area (Å²) in [7, 11) is 0. The van der Waals surface area contributed by atoms with Gasteiger partial charge in [0, 0.05) is 5.69 Å². The molecule has 0 spiro atoms. The number of carboxylic acids is 2. The summed E-state index contributed by atoms with van der Waals surface area (Å²) >= 11 is 0. The molecule has 130 valence electrons. The third-order valence-corrected chi connectivity index (χ3v) is 4.24. The number of aliphatic carboxylic acids is 2. The summed E-state index contributed by atoms with van der Waals surface area (Å²) in [5.41, 5.74) is 1.28. The highest BCUT2D eigenvalue weighted by atomic mass is 16.5. The van der Waals surface area contributed by atoms with Gasteiger partial charge >= 0.3 is 11.9 Å². The van der Waals surface area contributed by atoms with Gasteiger partial charge in [-0.15, -0.1) is 0 Å². The molecule has 1 aromatic carbocycles. The first-order chi connectivity index (χ1) is 11.4. The predicted molar refractivity (Wildman–Crippen MR) is 86.0 cm³/mol. The van der Waals surface area contributed by atoms with Crippen LogP contribution >= 0.6 is 0 Å². The highest BCUT2D eigenvalue weighted by Crippen LogP contribution is 2.32. The monoisotopic (exact) mass is 335 g/mol. The second-order valence-corrected chi connectivity index (χ2v) is 5.98. The number of amides is 1. The largest absolute Gasteiger partial charge is 0.482 e. The van der Waals surface area contributed by atoms with Crippen molar-refractivity contribution in [1.29, 1.82) is 0 Å². The van der Waals surface area contributed by atoms with Crippen molar-refractivity contribution in [2.24, 2.45) is 11.8 Å². The minimum atomic E-state index is -1.07. The van der Waals surface area contributed by atoms with Crippen molar-refractivity contribution in [3.63, 3.8) is 0 Å². The molecule has 1 aliphatic carbocycles. The van der Waals surface area contributed by atoms with E-state index in [1.807, 2.05) is 0 Å². The van der Waals surface area contributed by atoms with Crippen molar-refractivity contribution in [1.82, 2.24) is 0 Å². The summed E-state index contributed by atoms with van der Waals surface area (Å²) in [6.07, 6.45) is 2.77. The van der Waals surface area contributed by atoms with E-state index in [1.165, 1.54) is 0 Å². The Morgan fingerprint density at radius 2 is 1.83 bits per heavy atom. The van der Waals surface area contributed by atoms with Gasteiger partial charge in [-0.3, -0.25) is 9.59 Å². The van der Waals surface area contributed by atoms with E-state index in [0.29, 0.717) is 29.8 Å². The first-order valence-electron chi connectivity index (χ1n) is 7.87. The van der Waals surface area contributed by atoms with E-state index in [0.717, 1.165) is 12.8 Å². The topological polar surface area (TPSA) is 113 Å². The Labute approximate surface area is 139 Å². The van der Waals surface area contributed by atoms with Crippen LogP contribution < -0.4 is 10.1 Å². The normalized spacial score (nSPS) is 20.2. The Hall–Kier alpha value is -2.57. The van der Waals surface area contributed by atoms with Gasteiger partial charge in [0.25, 0.3) is 0 Å². The second-order valence-electron chi connectivity index (χ2n) is 5.98. The molecule has 7 heteroatoms. The van der Waals surface area contributed by atoms with Crippen LogP contribution in [0.3, 0.4) is 0 Å². The Bertz CT molecular complexity index is 642. The fraction of sp³-hybridized carbons (Fsp3) is 0.471. The van der Waals surface area contributed by atoms with Crippen LogP contribution in [0.25, 0.3) is 0 Å². The summed E-state index contributed by atoms with van der Waals surface area (Å²) in [5.74, 6) is -3.06. The summed E-state index contributed by atoms with van der Waals surface area (Å²) in [4.78, 5) is 34.3. The van der Waals surface area contributed by atoms with Crippen molar-refractivity contribution in [2.45, 2.75) is 32.6 Å². The molecule has 1 saturated carbocycles. The molecule has 1 aliphatic rings. The van der Waals surface area contributed by atoms with Crippen LogP contribution in [0.1, 0.15) is 31.2 Å². The smallest absolute Gasteiger partial charge is 0.341 e. The average Bonchev–Trinajstić information content (AvgIpc) is 2.55. The Kier molecular flexibility index (Phi) is 5.78. The quantitative estimate of drug-likeness (QED) is 0.735. The molecule has 1 aromatic rings. The van der Waals surface area contributed by atoms with E-state index >= 15 is 0 Å². The second kappa shape index (κ2) is 7.81. The number of ether oxygens (including phenoxy) is 1. The van der Waals surface area contributed by atoms with Gasteiger partial charge in [-0.1, -0.05) is 12.8 Å². The zero-order valence-electron chi connectivity index (χ0n) is 13.4. The summed E-state index contributed by atoms with van der Waals surface area (Å²) in [6, 6.07) is 4.83. The molecule has 3 N–H and O–H groups in total. The first kappa shape index (κ1) is 17.8. The van der Waals surface area contributed by atoms with Crippen LogP contribution in [-0.4, -0.2) is 34.7 Å². The van der Waals surface area contributed by atoms with E-state index in [1.54, 1.807) is 25.1 Å². The number of nitrogens with one attached hydrogen (secondary N) is 1. The molecule has 2 rings (SSSR count). The van der Waals surface area contributed by atoms with Gasteiger partial charge in [0.1, 0.15) is 5.75 Å². The number of hydrogen-bond acceptors (Lipinski definition) is 4. The first-order valence-corrected chi connectivity index (χ1v) is 7.87. The molecule has 0 saturated heterocycles. The van der Waals surface area contributed by atoms with E-state index in [4.69, 9.17) is 9.84 Å². The van der Waals surface area contributed by atoms with Crippen molar-refractivity contribution >= 4 is 23.5 Å². The predicted octanol–water partition coefficient (Wildman–Crippen LogP) is 2.29. The summed E-state index contributed by atoms with van der Waals surface area (Å²) in [6.45, 7) is 1.33. The fourth-order valence-electron chi connectivity index (χ4n) is 2.98. The van der Waals surface area contributed by atoms with Crippen LogP contribution in [0.2, 0.25) is 0 Å². The molecule has 2 unspecified atom stereocenters. The molecule has 7 nitrogen and oxygen atoms in total. The van der Waals surface area contributed by atoms with Crippen molar-refractivity contribution in [2.75, 3.05) is 11.9 Å². The molecule has 2 atom stereocenters. The SMILES string of the molecule is Cc1cc(OCC(=O)O)ccc1NC(=O)C1CCCCC1C(=O)O. The molecule has 0 heterocycles. The van der Waals surface area contributed by atoms with Crippen molar-refractivity contribution in [3.05, 3.63) is 23.8 Å². The molecule has 0 bridgehead atoms. The van der Waals surface area contributed by atoms with Gasteiger partial charge in [0.05, 0.1) is 11.8 Å². The number of carbonyl (C=O) groups is 3. The molecule has 1 amide bonds. The van der Waals surface area contributed by atoms with Crippen LogP contribution in [0, 0.1) is 18.8 Å². The van der Waals surface area contributed by atoms with Crippen molar-refractivity contribution in [3.8, 4) is 5.75 Å². The Morgan fingerprint density at radius 3 is 2.42 bits per heavy atom. The molecular weight excluding hydrogens is 314 g/mol. The minimum Gasteiger partial charge on any atom is -0.482 e. The lowest BCUT2D eigenvalue weighted by molar-refractivity contribution is -0.147. The third kappa shape index (κ3) is 4.47. The molecule has 0 radical (unpaired) electrons. The lowest BCUT2D eigenvalue weighted by Gasteiger charge is -2.27. The van der Waals surface area contributed by atoms with Gasteiger partial charge in [-0.2, -0.15) is 0 Å². The highest BCUT2D eigenvalue weighted by Gasteiger charge is 2.35. The van der Waals surface area contributed by atoms with E-state index in [9.17, 15) is 19.5 Å². The van der Waals surface area contributed by atoms with Gasteiger partial charge in [-0.05, 0) is 43.5 Å². The lowest BCUT2D eigenvalue weighted by Crippen LogP contribution is -2.36. The maximum absolute atomic E-state index is 12.5. The van der Waals surface area contributed by atoms with Gasteiger partial charge in [-0.25, -0.2) is 4.79 Å². The molecule has 0 aromatic heterocycles. The standard InChI is InChI=1S/C17H21NO6/c1-10-8-11(24-9-15(19)20)6-7-14(10)18-16(21)12-4-2-3-5-13(12)17(22)23/h6-8,12-13H,2-5,9H2,1H3,(H,18,21)(H,19,20)(H,22,23). The summed E-state index contributed by atoms with van der Waals surface area (Å²) in [5, 5.41) is 20.7. The third-order valence-electron chi connectivity index (χ3n) is 4.24. The van der Waals surface area contributed by atoms with Crippen molar-refractivity contribution < 1.29 is 29.3 Å². The van der Waals surface area contributed by atoms with E-state index < -0.39 is 30.4 Å². The van der Waals surface area contributed by atoms with Gasteiger partial charge in [0.2, 0.25) is 5.91 Å². The number of hydrogen-bond donors (Lipinski definition) is 3. The lowest BCUT2D eigenvalue weighted by atomic mass is 9.78. The van der Waals surface area contributed by atoms with E-state index in [2.05, 4.69) is 5.32 Å². The average molecular weight is 335 g/mol. The molecular formula is C17H21NO6. The zero-order chi connectivity index (χ0) is 17.7. The van der Waals surface area contributed by atoms with Crippen LogP contribution in [0.4, 0.5) is 5.69 Å². The molecule has 0 aliphatic heterocycles. The molecule has 1 fully saturated rings. The zero-order valence-corrected chi connectivity index (χ0v) is 13.4. The van der Waals surface area contributed by atoms with Crippen LogP contribution in [0.15, 0.2) is 18.2 Å². The number of aryl methyl sites for hydroxylation is 1. The number of carbonyl (C=O) groups excluding carboxylic acids is 1. The maximum Gasteiger partial charge on any atom is 0.341 e. The Morgan fingerprint density at radius 1 is 1.17 bits per heavy atom. The van der Waals surface area contributed by atoms with E-state index in [-0.39, 0.29) is 5.91 Å². The molecule has 24 heavy (non-hydrogen) atoms. The summed E-state index contributed by atoms with van der Waals surface area (Å²) < 4.78 is 5.08. The highest BCUT2D eigenvalue weighted by molar-refractivity contribution is 5.95. The maximum atomic E-state index is 12.5. The number of benzene rings is 1. The van der Waals surface area contributed by atoms with Gasteiger partial charge in [0.15, 0.2) is 6.61 Å². The fourth-order valence-corrected chi connectivity index (χ4v) is 2.98.